The highest BCUT2D eigenvalue weighted by atomic mass is 35.5. The molecule has 0 aliphatic heterocycles. The van der Waals surface area contributed by atoms with Gasteiger partial charge in [-0.05, 0) is 24.3 Å². The van der Waals surface area contributed by atoms with E-state index in [1.807, 2.05) is 4.72 Å². The van der Waals surface area contributed by atoms with Crippen molar-refractivity contribution in [3.63, 3.8) is 0 Å². The molecule has 1 heterocycles. The number of carboxylic acid groups (broad SMARTS) is 1. The smallest absolute Gasteiger partial charge is 0.335 e. The van der Waals surface area contributed by atoms with Crippen molar-refractivity contribution in [1.29, 1.82) is 0 Å². The van der Waals surface area contributed by atoms with Gasteiger partial charge in [-0.25, -0.2) is 17.6 Å². The van der Waals surface area contributed by atoms with Crippen molar-refractivity contribution in [3.8, 4) is 0 Å². The lowest BCUT2D eigenvalue weighted by Crippen LogP contribution is -2.14. The van der Waals surface area contributed by atoms with E-state index in [1.54, 1.807) is 0 Å². The maximum atomic E-state index is 13.7. The van der Waals surface area contributed by atoms with Gasteiger partial charge in [-0.1, -0.05) is 23.2 Å². The molecule has 2 N–H and O–H groups in total. The van der Waals surface area contributed by atoms with Crippen LogP contribution in [0.1, 0.15) is 10.4 Å². The van der Waals surface area contributed by atoms with Crippen molar-refractivity contribution in [2.45, 2.75) is 4.90 Å². The van der Waals surface area contributed by atoms with Crippen molar-refractivity contribution < 1.29 is 22.7 Å². The maximum absolute atomic E-state index is 13.7. The van der Waals surface area contributed by atoms with E-state index in [2.05, 4.69) is 0 Å². The van der Waals surface area contributed by atoms with Gasteiger partial charge in [0.25, 0.3) is 10.0 Å². The highest BCUT2D eigenvalue weighted by Crippen LogP contribution is 2.35. The minimum atomic E-state index is -4.12. The van der Waals surface area contributed by atoms with E-state index in [9.17, 15) is 17.6 Å². The Bertz CT molecular complexity index is 820. The summed E-state index contributed by atoms with van der Waals surface area (Å²) in [6.45, 7) is 0. The molecular formula is C11H6Cl2FNO4S2. The Hall–Kier alpha value is -1.35. The highest BCUT2D eigenvalue weighted by molar-refractivity contribution is 7.93. The molecule has 1 aromatic heterocycles. The summed E-state index contributed by atoms with van der Waals surface area (Å²) in [5.41, 5.74) is -0.689. The third-order valence-electron chi connectivity index (χ3n) is 2.38. The normalized spacial score (nSPS) is 11.4. The fourth-order valence-corrected chi connectivity index (χ4v) is 4.66. The van der Waals surface area contributed by atoms with E-state index in [1.165, 1.54) is 0 Å². The van der Waals surface area contributed by atoms with Gasteiger partial charge in [-0.3, -0.25) is 4.72 Å². The number of aromatic carboxylic acids is 1. The molecular weight excluding hydrogens is 364 g/mol. The minimum Gasteiger partial charge on any atom is -0.478 e. The number of hydrogen-bond acceptors (Lipinski definition) is 4. The third kappa shape index (κ3) is 3.46. The molecule has 2 aromatic rings. The van der Waals surface area contributed by atoms with Gasteiger partial charge < -0.3 is 5.11 Å². The van der Waals surface area contributed by atoms with E-state index >= 15 is 0 Å². The molecule has 112 valence electrons. The second-order valence-electron chi connectivity index (χ2n) is 3.79. The number of rotatable bonds is 4. The van der Waals surface area contributed by atoms with Crippen LogP contribution in [0, 0.1) is 5.82 Å². The Morgan fingerprint density at radius 1 is 1.29 bits per heavy atom. The molecule has 0 aliphatic carbocycles. The predicted octanol–water partition coefficient (Wildman–Crippen LogP) is 3.69. The second-order valence-corrected chi connectivity index (χ2v) is 7.73. The van der Waals surface area contributed by atoms with Crippen molar-refractivity contribution in [1.82, 2.24) is 0 Å². The first-order valence-corrected chi connectivity index (χ1v) is 8.27. The van der Waals surface area contributed by atoms with Crippen LogP contribution in [0.2, 0.25) is 8.67 Å². The summed E-state index contributed by atoms with van der Waals surface area (Å²) in [6.07, 6.45) is 0. The molecule has 0 bridgehead atoms. The van der Waals surface area contributed by atoms with Crippen molar-refractivity contribution in [2.24, 2.45) is 0 Å². The number of anilines is 1. The zero-order valence-corrected chi connectivity index (χ0v) is 13.1. The van der Waals surface area contributed by atoms with E-state index in [0.29, 0.717) is 6.07 Å². The summed E-state index contributed by atoms with van der Waals surface area (Å²) in [7, 11) is -4.12. The molecule has 0 amide bonds. The fraction of sp³-hybridized carbons (Fsp3) is 0. The number of sulfonamides is 1. The summed E-state index contributed by atoms with van der Waals surface area (Å²) in [5.74, 6) is -2.34. The van der Waals surface area contributed by atoms with Crippen LogP contribution in [0.4, 0.5) is 10.1 Å². The molecule has 0 unspecified atom stereocenters. The molecule has 0 aliphatic rings. The summed E-state index contributed by atoms with van der Waals surface area (Å²) in [6, 6.07) is 3.94. The zero-order chi connectivity index (χ0) is 15.8. The molecule has 0 radical (unpaired) electrons. The highest BCUT2D eigenvalue weighted by Gasteiger charge is 2.22. The van der Waals surface area contributed by atoms with E-state index in [4.69, 9.17) is 28.3 Å². The van der Waals surface area contributed by atoms with Crippen molar-refractivity contribution in [3.05, 3.63) is 44.3 Å². The lowest BCUT2D eigenvalue weighted by Gasteiger charge is -2.08. The second kappa shape index (κ2) is 5.80. The Kier molecular flexibility index (Phi) is 4.43. The van der Waals surface area contributed by atoms with Crippen molar-refractivity contribution >= 4 is 56.2 Å². The van der Waals surface area contributed by atoms with E-state index in [0.717, 1.165) is 29.5 Å². The van der Waals surface area contributed by atoms with Crippen LogP contribution in [0.25, 0.3) is 0 Å². The standard InChI is InChI=1S/C11H6Cl2FNO4S2/c12-9-4-8(10(13)20-9)21(18,19)15-7-2-1-5(11(16)17)3-6(7)14/h1-4,15H,(H,16,17). The maximum Gasteiger partial charge on any atom is 0.335 e. The first kappa shape index (κ1) is 16.0. The molecule has 0 fully saturated rings. The molecule has 2 rings (SSSR count). The monoisotopic (exact) mass is 369 g/mol. The number of halogens is 3. The average molecular weight is 370 g/mol. The van der Waals surface area contributed by atoms with Crippen LogP contribution in [0.3, 0.4) is 0 Å². The first-order valence-electron chi connectivity index (χ1n) is 5.21. The third-order valence-corrected chi connectivity index (χ3v) is 5.49. The Balaban J connectivity index is 2.37. The van der Waals surface area contributed by atoms with Crippen LogP contribution >= 0.6 is 34.5 Å². The number of thiophene rings is 1. The minimum absolute atomic E-state index is 0.0601. The first-order chi connectivity index (χ1) is 9.70. The quantitative estimate of drug-likeness (QED) is 0.860. The summed E-state index contributed by atoms with van der Waals surface area (Å²) in [4.78, 5) is 10.4. The van der Waals surface area contributed by atoms with Crippen LogP contribution < -0.4 is 4.72 Å². The largest absolute Gasteiger partial charge is 0.478 e. The molecule has 5 nitrogen and oxygen atoms in total. The lowest BCUT2D eigenvalue weighted by molar-refractivity contribution is 0.0696. The number of nitrogens with one attached hydrogen (secondary N) is 1. The molecule has 1 aromatic carbocycles. The number of carboxylic acids is 1. The van der Waals surface area contributed by atoms with Crippen LogP contribution in [0.15, 0.2) is 29.2 Å². The number of benzene rings is 1. The lowest BCUT2D eigenvalue weighted by atomic mass is 10.2. The van der Waals surface area contributed by atoms with Gasteiger partial charge in [0.2, 0.25) is 0 Å². The Morgan fingerprint density at radius 3 is 2.43 bits per heavy atom. The Labute approximate surface area is 133 Å². The Morgan fingerprint density at radius 2 is 1.95 bits per heavy atom. The van der Waals surface area contributed by atoms with Gasteiger partial charge in [0.1, 0.15) is 15.0 Å². The topological polar surface area (TPSA) is 83.5 Å². The van der Waals surface area contributed by atoms with Crippen LogP contribution in [0.5, 0.6) is 0 Å². The summed E-state index contributed by atoms with van der Waals surface area (Å²) in [5, 5.41) is 8.71. The average Bonchev–Trinajstić information content (AvgIpc) is 2.71. The number of carbonyl (C=O) groups is 1. The molecule has 21 heavy (non-hydrogen) atoms. The zero-order valence-electron chi connectivity index (χ0n) is 9.93. The number of hydrogen-bond donors (Lipinski definition) is 2. The van der Waals surface area contributed by atoms with Gasteiger partial charge >= 0.3 is 5.97 Å². The van der Waals surface area contributed by atoms with Gasteiger partial charge in [0.15, 0.2) is 0 Å². The SMILES string of the molecule is O=C(O)c1ccc(NS(=O)(=O)c2cc(Cl)sc2Cl)c(F)c1. The van der Waals surface area contributed by atoms with Gasteiger partial charge in [-0.2, -0.15) is 0 Å². The van der Waals surface area contributed by atoms with Crippen LogP contribution in [-0.4, -0.2) is 19.5 Å². The molecule has 0 spiro atoms. The van der Waals surface area contributed by atoms with Crippen molar-refractivity contribution in [2.75, 3.05) is 4.72 Å². The van der Waals surface area contributed by atoms with Crippen LogP contribution in [-0.2, 0) is 10.0 Å². The van der Waals surface area contributed by atoms with Gasteiger partial charge in [0, 0.05) is 0 Å². The predicted molar refractivity (Wildman–Crippen MR) is 78.5 cm³/mol. The summed E-state index contributed by atoms with van der Waals surface area (Å²) < 4.78 is 40.0. The summed E-state index contributed by atoms with van der Waals surface area (Å²) >= 11 is 12.3. The molecule has 0 atom stereocenters. The van der Waals surface area contributed by atoms with Gasteiger partial charge in [0.05, 0.1) is 15.6 Å². The molecule has 0 saturated heterocycles. The van der Waals surface area contributed by atoms with E-state index < -0.39 is 27.5 Å². The van der Waals surface area contributed by atoms with E-state index in [-0.39, 0.29) is 19.1 Å². The molecule has 10 heteroatoms. The van der Waals surface area contributed by atoms with Gasteiger partial charge in [-0.15, -0.1) is 11.3 Å². The fourth-order valence-electron chi connectivity index (χ4n) is 1.44. The molecule has 0 saturated carbocycles.